The van der Waals surface area contributed by atoms with E-state index in [1.807, 2.05) is 41.3 Å². The maximum atomic E-state index is 13.0. The number of fused-ring (bicyclic) bond motifs is 1. The number of rotatable bonds is 5. The lowest BCUT2D eigenvalue weighted by atomic mass is 10.0. The molecule has 0 aliphatic carbocycles. The first-order valence-corrected chi connectivity index (χ1v) is 11.1. The van der Waals surface area contributed by atoms with Gasteiger partial charge >= 0.3 is 0 Å². The van der Waals surface area contributed by atoms with Gasteiger partial charge in [-0.15, -0.1) is 0 Å². The number of hydrogen-bond donors (Lipinski definition) is 0. The number of carbonyl (C=O) groups is 1. The Morgan fingerprint density at radius 2 is 2.00 bits per heavy atom. The molecule has 152 valence electrons. The number of carbonyl (C=O) groups excluding carboxylic acids is 1. The van der Waals surface area contributed by atoms with E-state index in [0.717, 1.165) is 46.6 Å². The van der Waals surface area contributed by atoms with Gasteiger partial charge in [0.05, 0.1) is 5.69 Å². The molecule has 2 aromatic carbocycles. The second kappa shape index (κ2) is 8.91. The summed E-state index contributed by atoms with van der Waals surface area (Å²) in [7, 11) is 0. The standard InChI is InChI=1S/C23H26N2O3S/c1-16(2)18-6-3-4-7-19(18)24-23-25(12-5-13-29-23)22(26)11-9-17-8-10-20-21(14-17)28-15-27-20/h3-4,6-8,10,14,16H,5,9,11-13,15H2,1-2H3. The molecule has 1 amide bonds. The van der Waals surface area contributed by atoms with Crippen LogP contribution in [0.2, 0.25) is 0 Å². The first-order chi connectivity index (χ1) is 14.1. The fourth-order valence-electron chi connectivity index (χ4n) is 3.55. The number of aryl methyl sites for hydroxylation is 1. The Kier molecular flexibility index (Phi) is 6.09. The van der Waals surface area contributed by atoms with E-state index >= 15 is 0 Å². The molecule has 6 heteroatoms. The van der Waals surface area contributed by atoms with Gasteiger partial charge in [0.1, 0.15) is 0 Å². The number of thioether (sulfide) groups is 1. The molecule has 0 unspecified atom stereocenters. The minimum atomic E-state index is 0.121. The second-order valence-electron chi connectivity index (χ2n) is 7.54. The zero-order valence-corrected chi connectivity index (χ0v) is 17.7. The number of aliphatic imine (C=N–C) groups is 1. The summed E-state index contributed by atoms with van der Waals surface area (Å²) < 4.78 is 10.8. The maximum absolute atomic E-state index is 13.0. The van der Waals surface area contributed by atoms with Crippen molar-refractivity contribution in [3.63, 3.8) is 0 Å². The second-order valence-corrected chi connectivity index (χ2v) is 8.60. The molecule has 0 radical (unpaired) electrons. The third-order valence-corrected chi connectivity index (χ3v) is 6.19. The molecule has 29 heavy (non-hydrogen) atoms. The highest BCUT2D eigenvalue weighted by molar-refractivity contribution is 8.13. The summed E-state index contributed by atoms with van der Waals surface area (Å²) in [5, 5.41) is 0.819. The summed E-state index contributed by atoms with van der Waals surface area (Å²) in [5.74, 6) is 3.03. The Balaban J connectivity index is 1.48. The molecule has 2 aliphatic heterocycles. The lowest BCUT2D eigenvalue weighted by Crippen LogP contribution is -2.39. The quantitative estimate of drug-likeness (QED) is 0.686. The van der Waals surface area contributed by atoms with Crippen LogP contribution in [0.3, 0.4) is 0 Å². The lowest BCUT2D eigenvalue weighted by Gasteiger charge is -2.28. The number of nitrogens with zero attached hydrogens (tertiary/aromatic N) is 2. The summed E-state index contributed by atoms with van der Waals surface area (Å²) >= 11 is 1.67. The van der Waals surface area contributed by atoms with Crippen LogP contribution in [-0.2, 0) is 11.2 Å². The summed E-state index contributed by atoms with van der Waals surface area (Å²) in [4.78, 5) is 19.8. The fourth-order valence-corrected chi connectivity index (χ4v) is 4.51. The molecule has 0 atom stereocenters. The van der Waals surface area contributed by atoms with Gasteiger partial charge in [-0.2, -0.15) is 0 Å². The summed E-state index contributed by atoms with van der Waals surface area (Å²) in [5.41, 5.74) is 3.25. The van der Waals surface area contributed by atoms with E-state index in [1.54, 1.807) is 11.8 Å². The van der Waals surface area contributed by atoms with Crippen LogP contribution in [0, 0.1) is 0 Å². The number of amides is 1. The topological polar surface area (TPSA) is 51.1 Å². The highest BCUT2D eigenvalue weighted by Gasteiger charge is 2.24. The molecule has 0 aromatic heterocycles. The Morgan fingerprint density at radius 1 is 1.17 bits per heavy atom. The molecule has 0 bridgehead atoms. The van der Waals surface area contributed by atoms with Crippen molar-refractivity contribution < 1.29 is 14.3 Å². The van der Waals surface area contributed by atoms with Crippen molar-refractivity contribution in [1.82, 2.24) is 4.90 Å². The molecule has 0 spiro atoms. The van der Waals surface area contributed by atoms with Crippen molar-refractivity contribution in [2.75, 3.05) is 19.1 Å². The van der Waals surface area contributed by atoms with E-state index in [4.69, 9.17) is 14.5 Å². The molecular formula is C23H26N2O3S. The van der Waals surface area contributed by atoms with Gasteiger partial charge in [0.15, 0.2) is 16.7 Å². The van der Waals surface area contributed by atoms with Crippen LogP contribution < -0.4 is 9.47 Å². The van der Waals surface area contributed by atoms with E-state index in [-0.39, 0.29) is 12.7 Å². The smallest absolute Gasteiger partial charge is 0.231 e. The molecule has 5 nitrogen and oxygen atoms in total. The van der Waals surface area contributed by atoms with Crippen molar-refractivity contribution in [2.24, 2.45) is 4.99 Å². The Labute approximate surface area is 176 Å². The molecule has 0 saturated carbocycles. The van der Waals surface area contributed by atoms with E-state index in [2.05, 4.69) is 19.9 Å². The van der Waals surface area contributed by atoms with Crippen molar-refractivity contribution in [3.05, 3.63) is 53.6 Å². The average Bonchev–Trinajstić information content (AvgIpc) is 3.20. The number of ether oxygens (including phenoxy) is 2. The molecule has 0 N–H and O–H groups in total. The molecular weight excluding hydrogens is 384 g/mol. The normalized spacial score (nSPS) is 17.2. The van der Waals surface area contributed by atoms with E-state index in [9.17, 15) is 4.79 Å². The largest absolute Gasteiger partial charge is 0.454 e. The summed E-state index contributed by atoms with van der Waals surface area (Å²) in [6.07, 6.45) is 2.11. The Hall–Kier alpha value is -2.47. The minimum absolute atomic E-state index is 0.121. The maximum Gasteiger partial charge on any atom is 0.231 e. The SMILES string of the molecule is CC(C)c1ccccc1N=C1SCCCN1C(=O)CCc1ccc2c(c1)OCO2. The van der Waals surface area contributed by atoms with Gasteiger partial charge in [-0.1, -0.05) is 49.9 Å². The molecule has 2 heterocycles. The molecule has 1 saturated heterocycles. The lowest BCUT2D eigenvalue weighted by molar-refractivity contribution is -0.127. The van der Waals surface area contributed by atoms with Crippen LogP contribution in [0.25, 0.3) is 0 Å². The Bertz CT molecular complexity index is 926. The third-order valence-electron chi connectivity index (χ3n) is 5.13. The zero-order chi connectivity index (χ0) is 20.2. The van der Waals surface area contributed by atoms with Crippen LogP contribution in [0.5, 0.6) is 11.5 Å². The highest BCUT2D eigenvalue weighted by Crippen LogP contribution is 2.33. The highest BCUT2D eigenvalue weighted by atomic mass is 32.2. The monoisotopic (exact) mass is 410 g/mol. The summed E-state index contributed by atoms with van der Waals surface area (Å²) in [6.45, 7) is 5.33. The van der Waals surface area contributed by atoms with Gasteiger partial charge in [-0.25, -0.2) is 4.99 Å². The number of para-hydroxylation sites is 1. The third kappa shape index (κ3) is 4.58. The fraction of sp³-hybridized carbons (Fsp3) is 0.391. The Morgan fingerprint density at radius 3 is 2.86 bits per heavy atom. The molecule has 4 rings (SSSR count). The number of hydrogen-bond acceptors (Lipinski definition) is 5. The number of amidine groups is 1. The van der Waals surface area contributed by atoms with E-state index < -0.39 is 0 Å². The molecule has 1 fully saturated rings. The van der Waals surface area contributed by atoms with Gasteiger partial charge in [0.25, 0.3) is 0 Å². The van der Waals surface area contributed by atoms with Crippen LogP contribution in [0.1, 0.15) is 43.7 Å². The van der Waals surface area contributed by atoms with E-state index in [1.165, 1.54) is 5.56 Å². The summed E-state index contributed by atoms with van der Waals surface area (Å²) in [6, 6.07) is 14.1. The molecule has 2 aromatic rings. The average molecular weight is 411 g/mol. The molecule has 2 aliphatic rings. The van der Waals surface area contributed by atoms with Crippen molar-refractivity contribution in [2.45, 2.75) is 39.0 Å². The van der Waals surface area contributed by atoms with Crippen molar-refractivity contribution >= 4 is 28.5 Å². The van der Waals surface area contributed by atoms with Gasteiger partial charge in [-0.3, -0.25) is 9.69 Å². The number of benzene rings is 2. The van der Waals surface area contributed by atoms with Crippen LogP contribution in [0.15, 0.2) is 47.5 Å². The van der Waals surface area contributed by atoms with Gasteiger partial charge in [0.2, 0.25) is 12.7 Å². The van der Waals surface area contributed by atoms with Crippen LogP contribution in [-0.4, -0.2) is 35.1 Å². The van der Waals surface area contributed by atoms with Gasteiger partial charge < -0.3 is 9.47 Å². The predicted molar refractivity (Wildman–Crippen MR) is 117 cm³/mol. The first kappa shape index (κ1) is 19.8. The van der Waals surface area contributed by atoms with E-state index in [0.29, 0.717) is 18.8 Å². The van der Waals surface area contributed by atoms with Gasteiger partial charge in [-0.05, 0) is 48.1 Å². The predicted octanol–water partition coefficient (Wildman–Crippen LogP) is 5.12. The van der Waals surface area contributed by atoms with Crippen molar-refractivity contribution in [1.29, 1.82) is 0 Å². The first-order valence-electron chi connectivity index (χ1n) is 10.1. The van der Waals surface area contributed by atoms with Crippen LogP contribution in [0.4, 0.5) is 5.69 Å². The van der Waals surface area contributed by atoms with Crippen molar-refractivity contribution in [3.8, 4) is 11.5 Å². The zero-order valence-electron chi connectivity index (χ0n) is 16.9. The van der Waals surface area contributed by atoms with Crippen LogP contribution >= 0.6 is 11.8 Å². The minimum Gasteiger partial charge on any atom is -0.454 e. The van der Waals surface area contributed by atoms with Gasteiger partial charge in [0, 0.05) is 18.7 Å².